The third-order valence-corrected chi connectivity index (χ3v) is 3.51. The first-order chi connectivity index (χ1) is 11.5. The minimum atomic E-state index is -0.657. The van der Waals surface area contributed by atoms with Crippen LogP contribution in [0.1, 0.15) is 17.3 Å². The number of hydrogen-bond acceptors (Lipinski definition) is 5. The predicted molar refractivity (Wildman–Crippen MR) is 95.1 cm³/mol. The van der Waals surface area contributed by atoms with E-state index in [1.165, 1.54) is 0 Å². The van der Waals surface area contributed by atoms with E-state index in [0.717, 1.165) is 0 Å². The highest BCUT2D eigenvalue weighted by atomic mass is 79.9. The normalized spacial score (nSPS) is 10.1. The van der Waals surface area contributed by atoms with Crippen LogP contribution in [0.5, 0.6) is 5.75 Å². The fourth-order valence-electron chi connectivity index (χ4n) is 1.91. The van der Waals surface area contributed by atoms with E-state index >= 15 is 0 Å². The largest absolute Gasteiger partial charge is 0.494 e. The lowest BCUT2D eigenvalue weighted by atomic mass is 10.2. The number of anilines is 2. The van der Waals surface area contributed by atoms with Gasteiger partial charge in [0.05, 0.1) is 12.2 Å². The van der Waals surface area contributed by atoms with Crippen molar-refractivity contribution in [3.8, 4) is 5.75 Å². The zero-order valence-corrected chi connectivity index (χ0v) is 14.6. The van der Waals surface area contributed by atoms with E-state index in [1.54, 1.807) is 42.5 Å². The molecule has 0 saturated carbocycles. The number of carbonyl (C=O) groups excluding carboxylic acids is 2. The highest BCUT2D eigenvalue weighted by molar-refractivity contribution is 9.10. The summed E-state index contributed by atoms with van der Waals surface area (Å²) in [5.74, 6) is -0.385. The Labute approximate surface area is 148 Å². The van der Waals surface area contributed by atoms with Gasteiger partial charge in [-0.3, -0.25) is 4.79 Å². The van der Waals surface area contributed by atoms with Gasteiger partial charge in [-0.1, -0.05) is 15.9 Å². The standard InChI is InChI=1S/C17H17BrN2O4/c1-2-23-13-6-4-12(5-7-13)20-16(21)10-24-17(22)14-9-11(18)3-8-15(14)19/h3-9H,2,10,19H2,1H3,(H,20,21). The van der Waals surface area contributed by atoms with Crippen molar-refractivity contribution < 1.29 is 19.1 Å². The molecule has 2 aromatic carbocycles. The second-order valence-corrected chi connectivity index (χ2v) is 5.73. The molecule has 2 aromatic rings. The van der Waals surface area contributed by atoms with Gasteiger partial charge in [0.15, 0.2) is 6.61 Å². The summed E-state index contributed by atoms with van der Waals surface area (Å²) >= 11 is 3.25. The highest BCUT2D eigenvalue weighted by Gasteiger charge is 2.14. The predicted octanol–water partition coefficient (Wildman–Crippen LogP) is 3.23. The summed E-state index contributed by atoms with van der Waals surface area (Å²) in [6.07, 6.45) is 0. The number of ether oxygens (including phenoxy) is 2. The Morgan fingerprint density at radius 1 is 1.17 bits per heavy atom. The number of nitrogens with one attached hydrogen (secondary N) is 1. The van der Waals surface area contributed by atoms with Crippen molar-refractivity contribution in [3.05, 3.63) is 52.5 Å². The lowest BCUT2D eigenvalue weighted by Crippen LogP contribution is -2.21. The molecule has 2 rings (SSSR count). The summed E-state index contributed by atoms with van der Waals surface area (Å²) in [7, 11) is 0. The molecule has 1 amide bonds. The van der Waals surface area contributed by atoms with Crippen molar-refractivity contribution in [1.29, 1.82) is 0 Å². The second kappa shape index (κ2) is 8.35. The molecule has 0 aromatic heterocycles. The Morgan fingerprint density at radius 3 is 2.54 bits per heavy atom. The first-order valence-electron chi connectivity index (χ1n) is 7.24. The quantitative estimate of drug-likeness (QED) is 0.581. The van der Waals surface area contributed by atoms with Crippen LogP contribution in [0.15, 0.2) is 46.9 Å². The van der Waals surface area contributed by atoms with Gasteiger partial charge in [0, 0.05) is 15.8 Å². The lowest BCUT2D eigenvalue weighted by Gasteiger charge is -2.09. The molecule has 0 radical (unpaired) electrons. The molecule has 6 nitrogen and oxygen atoms in total. The Hall–Kier alpha value is -2.54. The van der Waals surface area contributed by atoms with E-state index in [2.05, 4.69) is 21.2 Å². The van der Waals surface area contributed by atoms with Gasteiger partial charge < -0.3 is 20.5 Å². The number of carbonyl (C=O) groups is 2. The second-order valence-electron chi connectivity index (χ2n) is 4.81. The maximum absolute atomic E-state index is 12.0. The third kappa shape index (κ3) is 4.99. The van der Waals surface area contributed by atoms with Crippen molar-refractivity contribution in [2.75, 3.05) is 24.3 Å². The van der Waals surface area contributed by atoms with E-state index in [1.807, 2.05) is 6.92 Å². The van der Waals surface area contributed by atoms with Gasteiger partial charge in [-0.05, 0) is 49.4 Å². The maximum atomic E-state index is 12.0. The summed E-state index contributed by atoms with van der Waals surface area (Å²) in [4.78, 5) is 23.8. The molecule has 0 atom stereocenters. The van der Waals surface area contributed by atoms with Crippen LogP contribution in [-0.2, 0) is 9.53 Å². The van der Waals surface area contributed by atoms with Crippen LogP contribution >= 0.6 is 15.9 Å². The van der Waals surface area contributed by atoms with Crippen molar-refractivity contribution in [1.82, 2.24) is 0 Å². The Balaban J connectivity index is 1.88. The summed E-state index contributed by atoms with van der Waals surface area (Å²) in [6.45, 7) is 2.06. The monoisotopic (exact) mass is 392 g/mol. The van der Waals surface area contributed by atoms with Crippen molar-refractivity contribution in [2.24, 2.45) is 0 Å². The third-order valence-electron chi connectivity index (χ3n) is 3.02. The zero-order valence-electron chi connectivity index (χ0n) is 13.0. The smallest absolute Gasteiger partial charge is 0.340 e. The van der Waals surface area contributed by atoms with Crippen LogP contribution in [0, 0.1) is 0 Å². The molecule has 0 unspecified atom stereocenters. The average Bonchev–Trinajstić information content (AvgIpc) is 2.57. The number of rotatable bonds is 6. The number of amides is 1. The van der Waals surface area contributed by atoms with E-state index in [4.69, 9.17) is 15.2 Å². The number of halogens is 1. The molecule has 3 N–H and O–H groups in total. The van der Waals surface area contributed by atoms with E-state index < -0.39 is 18.5 Å². The van der Waals surface area contributed by atoms with Crippen molar-refractivity contribution in [2.45, 2.75) is 6.92 Å². The molecule has 126 valence electrons. The van der Waals surface area contributed by atoms with Gasteiger partial charge in [-0.15, -0.1) is 0 Å². The molecule has 0 heterocycles. The van der Waals surface area contributed by atoms with Gasteiger partial charge in [-0.2, -0.15) is 0 Å². The number of benzene rings is 2. The van der Waals surface area contributed by atoms with E-state index in [9.17, 15) is 9.59 Å². The molecular formula is C17H17BrN2O4. The summed E-state index contributed by atoms with van der Waals surface area (Å²) < 4.78 is 11.0. The van der Waals surface area contributed by atoms with Crippen LogP contribution < -0.4 is 15.8 Å². The van der Waals surface area contributed by atoms with Gasteiger partial charge in [0.1, 0.15) is 5.75 Å². The van der Waals surface area contributed by atoms with Gasteiger partial charge >= 0.3 is 5.97 Å². The molecule has 0 saturated heterocycles. The zero-order chi connectivity index (χ0) is 17.5. The summed E-state index contributed by atoms with van der Waals surface area (Å²) in [5, 5.41) is 2.63. The average molecular weight is 393 g/mol. The van der Waals surface area contributed by atoms with Crippen LogP contribution in [0.3, 0.4) is 0 Å². The minimum Gasteiger partial charge on any atom is -0.494 e. The molecule has 0 bridgehead atoms. The van der Waals surface area contributed by atoms with Crippen LogP contribution in [0.25, 0.3) is 0 Å². The fraction of sp³-hybridized carbons (Fsp3) is 0.176. The molecular weight excluding hydrogens is 376 g/mol. The number of nitrogen functional groups attached to an aromatic ring is 1. The topological polar surface area (TPSA) is 90.6 Å². The van der Waals surface area contributed by atoms with Crippen molar-refractivity contribution in [3.63, 3.8) is 0 Å². The Kier molecular flexibility index (Phi) is 6.20. The van der Waals surface area contributed by atoms with E-state index in [0.29, 0.717) is 22.5 Å². The fourth-order valence-corrected chi connectivity index (χ4v) is 2.27. The number of esters is 1. The van der Waals surface area contributed by atoms with Crippen molar-refractivity contribution >= 4 is 39.2 Å². The highest BCUT2D eigenvalue weighted by Crippen LogP contribution is 2.19. The number of nitrogens with two attached hydrogens (primary N) is 1. The van der Waals surface area contributed by atoms with Crippen LogP contribution in [0.2, 0.25) is 0 Å². The molecule has 0 aliphatic carbocycles. The molecule has 0 aliphatic heterocycles. The summed E-state index contributed by atoms with van der Waals surface area (Å²) in [5.41, 5.74) is 6.80. The van der Waals surface area contributed by atoms with Gasteiger partial charge in [-0.25, -0.2) is 4.79 Å². The first kappa shape index (κ1) is 17.8. The first-order valence-corrected chi connectivity index (χ1v) is 8.03. The van der Waals surface area contributed by atoms with Gasteiger partial charge in [0.25, 0.3) is 5.91 Å². The maximum Gasteiger partial charge on any atom is 0.340 e. The molecule has 0 spiro atoms. The lowest BCUT2D eigenvalue weighted by molar-refractivity contribution is -0.119. The summed E-state index contributed by atoms with van der Waals surface area (Å²) in [6, 6.07) is 11.7. The van der Waals surface area contributed by atoms with Crippen LogP contribution in [-0.4, -0.2) is 25.1 Å². The SMILES string of the molecule is CCOc1ccc(NC(=O)COC(=O)c2cc(Br)ccc2N)cc1. The molecule has 0 fully saturated rings. The molecule has 0 aliphatic rings. The minimum absolute atomic E-state index is 0.207. The van der Waals surface area contributed by atoms with Gasteiger partial charge in [0.2, 0.25) is 0 Å². The van der Waals surface area contributed by atoms with E-state index in [-0.39, 0.29) is 11.3 Å². The molecule has 24 heavy (non-hydrogen) atoms. The Morgan fingerprint density at radius 2 is 1.88 bits per heavy atom. The molecule has 7 heteroatoms. The Bertz CT molecular complexity index is 732. The van der Waals surface area contributed by atoms with Crippen LogP contribution in [0.4, 0.5) is 11.4 Å². The number of hydrogen-bond donors (Lipinski definition) is 2.